The Balaban J connectivity index is 1.95. The van der Waals surface area contributed by atoms with Crippen LogP contribution in [-0.4, -0.2) is 6.04 Å². The van der Waals surface area contributed by atoms with Gasteiger partial charge in [-0.2, -0.15) is 0 Å². The first-order valence-corrected chi connectivity index (χ1v) is 4.32. The van der Waals surface area contributed by atoms with Gasteiger partial charge in [0.25, 0.3) is 0 Å². The molecular formula is C9H15N. The fourth-order valence-corrected chi connectivity index (χ4v) is 1.76. The first-order valence-electron chi connectivity index (χ1n) is 4.32. The van der Waals surface area contributed by atoms with Crippen LogP contribution >= 0.6 is 0 Å². The summed E-state index contributed by atoms with van der Waals surface area (Å²) in [6, 6.07) is 0.433. The Morgan fingerprint density at radius 1 is 1.50 bits per heavy atom. The van der Waals surface area contributed by atoms with Crippen LogP contribution in [0.2, 0.25) is 0 Å². The second-order valence-corrected chi connectivity index (χ2v) is 3.53. The van der Waals surface area contributed by atoms with Crippen molar-refractivity contribution in [2.24, 2.45) is 11.7 Å². The van der Waals surface area contributed by atoms with Crippen molar-refractivity contribution in [1.82, 2.24) is 0 Å². The van der Waals surface area contributed by atoms with Crippen molar-refractivity contribution in [1.29, 1.82) is 0 Å². The van der Waals surface area contributed by atoms with Gasteiger partial charge in [0.1, 0.15) is 0 Å². The number of nitrogens with two attached hydrogens (primary N) is 1. The lowest BCUT2D eigenvalue weighted by Crippen LogP contribution is -2.23. The average molecular weight is 137 g/mol. The second kappa shape index (κ2) is 2.39. The molecule has 2 N–H and O–H groups in total. The molecule has 0 aliphatic heterocycles. The SMILES string of the molecule is NC(C1=CCCC1)C1CC1. The van der Waals surface area contributed by atoms with Gasteiger partial charge in [0, 0.05) is 6.04 Å². The molecule has 10 heavy (non-hydrogen) atoms. The van der Waals surface area contributed by atoms with Gasteiger partial charge in [-0.05, 0) is 38.0 Å². The Kier molecular flexibility index (Phi) is 1.53. The lowest BCUT2D eigenvalue weighted by Gasteiger charge is -2.10. The zero-order chi connectivity index (χ0) is 6.97. The van der Waals surface area contributed by atoms with Crippen LogP contribution in [0.15, 0.2) is 11.6 Å². The molecule has 2 aliphatic rings. The molecule has 1 fully saturated rings. The highest BCUT2D eigenvalue weighted by Crippen LogP contribution is 2.37. The van der Waals surface area contributed by atoms with E-state index in [9.17, 15) is 0 Å². The van der Waals surface area contributed by atoms with E-state index in [1.54, 1.807) is 5.57 Å². The fourth-order valence-electron chi connectivity index (χ4n) is 1.76. The predicted octanol–water partition coefficient (Wildman–Crippen LogP) is 1.83. The molecule has 0 spiro atoms. The van der Waals surface area contributed by atoms with Crippen LogP contribution < -0.4 is 5.73 Å². The molecule has 1 unspecified atom stereocenters. The van der Waals surface area contributed by atoms with Gasteiger partial charge in [0.05, 0.1) is 0 Å². The first kappa shape index (κ1) is 6.41. The van der Waals surface area contributed by atoms with E-state index < -0.39 is 0 Å². The highest BCUT2D eigenvalue weighted by Gasteiger charge is 2.30. The van der Waals surface area contributed by atoms with Crippen molar-refractivity contribution in [2.45, 2.75) is 38.1 Å². The average Bonchev–Trinajstić information content (AvgIpc) is 2.65. The van der Waals surface area contributed by atoms with Crippen molar-refractivity contribution in [3.63, 3.8) is 0 Å². The minimum absolute atomic E-state index is 0.433. The van der Waals surface area contributed by atoms with E-state index in [4.69, 9.17) is 5.73 Å². The molecule has 56 valence electrons. The molecule has 0 amide bonds. The largest absolute Gasteiger partial charge is 0.324 e. The monoisotopic (exact) mass is 137 g/mol. The van der Waals surface area contributed by atoms with Crippen LogP contribution in [-0.2, 0) is 0 Å². The highest BCUT2D eigenvalue weighted by molar-refractivity contribution is 5.17. The fraction of sp³-hybridized carbons (Fsp3) is 0.778. The number of hydrogen-bond acceptors (Lipinski definition) is 1. The Morgan fingerprint density at radius 3 is 2.80 bits per heavy atom. The van der Waals surface area contributed by atoms with Gasteiger partial charge >= 0.3 is 0 Å². The standard InChI is InChI=1S/C9H15N/c10-9(8-5-6-8)7-3-1-2-4-7/h3,8-9H,1-2,4-6,10H2. The lowest BCUT2D eigenvalue weighted by atomic mass is 10.0. The highest BCUT2D eigenvalue weighted by atomic mass is 14.7. The maximum atomic E-state index is 6.02. The molecule has 1 saturated carbocycles. The van der Waals surface area contributed by atoms with E-state index in [1.807, 2.05) is 0 Å². The summed E-state index contributed by atoms with van der Waals surface area (Å²) in [5.74, 6) is 0.851. The molecule has 2 aliphatic carbocycles. The van der Waals surface area contributed by atoms with Gasteiger partial charge in [-0.1, -0.05) is 11.6 Å². The van der Waals surface area contributed by atoms with Crippen molar-refractivity contribution in [2.75, 3.05) is 0 Å². The molecule has 0 radical (unpaired) electrons. The Hall–Kier alpha value is -0.300. The van der Waals surface area contributed by atoms with Crippen molar-refractivity contribution in [3.8, 4) is 0 Å². The van der Waals surface area contributed by atoms with E-state index in [-0.39, 0.29) is 0 Å². The molecule has 1 heteroatoms. The molecule has 0 aromatic rings. The van der Waals surface area contributed by atoms with E-state index in [2.05, 4.69) is 6.08 Å². The van der Waals surface area contributed by atoms with E-state index in [0.717, 1.165) is 5.92 Å². The molecular weight excluding hydrogens is 122 g/mol. The zero-order valence-corrected chi connectivity index (χ0v) is 6.34. The van der Waals surface area contributed by atoms with E-state index >= 15 is 0 Å². The lowest BCUT2D eigenvalue weighted by molar-refractivity contribution is 0.653. The second-order valence-electron chi connectivity index (χ2n) is 3.53. The summed E-state index contributed by atoms with van der Waals surface area (Å²) >= 11 is 0. The molecule has 2 rings (SSSR count). The van der Waals surface area contributed by atoms with Crippen LogP contribution in [0.1, 0.15) is 32.1 Å². The molecule has 0 saturated heterocycles. The molecule has 0 aromatic carbocycles. The summed E-state index contributed by atoms with van der Waals surface area (Å²) in [5.41, 5.74) is 7.56. The molecule has 1 atom stereocenters. The van der Waals surface area contributed by atoms with Crippen molar-refractivity contribution in [3.05, 3.63) is 11.6 Å². The Labute approximate surface area is 62.3 Å². The molecule has 0 heterocycles. The van der Waals surface area contributed by atoms with Crippen molar-refractivity contribution >= 4 is 0 Å². The number of hydrogen-bond donors (Lipinski definition) is 1. The first-order chi connectivity index (χ1) is 4.88. The van der Waals surface area contributed by atoms with Gasteiger partial charge in [-0.3, -0.25) is 0 Å². The van der Waals surface area contributed by atoms with E-state index in [1.165, 1.54) is 32.1 Å². The van der Waals surface area contributed by atoms with Crippen LogP contribution in [0.5, 0.6) is 0 Å². The van der Waals surface area contributed by atoms with Gasteiger partial charge in [-0.25, -0.2) is 0 Å². The minimum Gasteiger partial charge on any atom is -0.324 e. The van der Waals surface area contributed by atoms with Gasteiger partial charge in [0.2, 0.25) is 0 Å². The number of allylic oxidation sites excluding steroid dienone is 1. The molecule has 0 bridgehead atoms. The summed E-state index contributed by atoms with van der Waals surface area (Å²) in [6.07, 6.45) is 8.99. The van der Waals surface area contributed by atoms with Gasteiger partial charge in [-0.15, -0.1) is 0 Å². The Bertz CT molecular complexity index is 156. The smallest absolute Gasteiger partial charge is 0.0282 e. The topological polar surface area (TPSA) is 26.0 Å². The summed E-state index contributed by atoms with van der Waals surface area (Å²) in [7, 11) is 0. The van der Waals surface area contributed by atoms with Crippen LogP contribution in [0.25, 0.3) is 0 Å². The van der Waals surface area contributed by atoms with Crippen LogP contribution in [0, 0.1) is 5.92 Å². The summed E-state index contributed by atoms with van der Waals surface area (Å²) < 4.78 is 0. The van der Waals surface area contributed by atoms with Crippen molar-refractivity contribution < 1.29 is 0 Å². The molecule has 0 aromatic heterocycles. The third kappa shape index (κ3) is 1.10. The third-order valence-electron chi connectivity index (χ3n) is 2.63. The summed E-state index contributed by atoms with van der Waals surface area (Å²) in [5, 5.41) is 0. The van der Waals surface area contributed by atoms with Crippen LogP contribution in [0.3, 0.4) is 0 Å². The maximum absolute atomic E-state index is 6.02. The normalized spacial score (nSPS) is 28.3. The summed E-state index contributed by atoms with van der Waals surface area (Å²) in [4.78, 5) is 0. The minimum atomic E-state index is 0.433. The predicted molar refractivity (Wildman–Crippen MR) is 42.6 cm³/mol. The van der Waals surface area contributed by atoms with E-state index in [0.29, 0.717) is 6.04 Å². The molecule has 1 nitrogen and oxygen atoms in total. The van der Waals surface area contributed by atoms with Crippen LogP contribution in [0.4, 0.5) is 0 Å². The maximum Gasteiger partial charge on any atom is 0.0282 e. The Morgan fingerprint density at radius 2 is 2.30 bits per heavy atom. The quantitative estimate of drug-likeness (QED) is 0.577. The summed E-state index contributed by atoms with van der Waals surface area (Å²) in [6.45, 7) is 0. The van der Waals surface area contributed by atoms with Gasteiger partial charge in [0.15, 0.2) is 0 Å². The number of rotatable bonds is 2. The zero-order valence-electron chi connectivity index (χ0n) is 6.34. The van der Waals surface area contributed by atoms with Gasteiger partial charge < -0.3 is 5.73 Å². The third-order valence-corrected chi connectivity index (χ3v) is 2.63.